The molecular weight excluding hydrogens is 576 g/mol. The number of hydroxylamine groups is 3. The van der Waals surface area contributed by atoms with E-state index in [1.54, 1.807) is 49.5 Å². The van der Waals surface area contributed by atoms with Gasteiger partial charge in [-0.3, -0.25) is 10.1 Å². The summed E-state index contributed by atoms with van der Waals surface area (Å²) in [6.45, 7) is 10.1. The molecule has 43 heavy (non-hydrogen) atoms. The number of likely N-dealkylation sites (N-methyl/N-ethyl adjacent to an activating group) is 1. The van der Waals surface area contributed by atoms with Crippen LogP contribution in [0, 0.1) is 0 Å². The molecule has 3 aromatic rings. The lowest BCUT2D eigenvalue weighted by Gasteiger charge is -2.40. The number of nitrogens with one attached hydrogen (secondary N) is 3. The minimum Gasteiger partial charge on any atom is -0.486 e. The number of amides is 3. The van der Waals surface area contributed by atoms with E-state index in [1.807, 2.05) is 34.6 Å². The topological polar surface area (TPSA) is 162 Å². The van der Waals surface area contributed by atoms with Crippen molar-refractivity contribution in [3.63, 3.8) is 0 Å². The number of hydrogen-bond donors (Lipinski definition) is 3. The summed E-state index contributed by atoms with van der Waals surface area (Å²) in [4.78, 5) is 29.3. The Labute approximate surface area is 251 Å². The molecule has 0 spiro atoms. The molecule has 232 valence electrons. The van der Waals surface area contributed by atoms with Crippen LogP contribution in [0.2, 0.25) is 0 Å². The third-order valence-electron chi connectivity index (χ3n) is 7.58. The van der Waals surface area contributed by atoms with Crippen molar-refractivity contribution in [3.05, 3.63) is 60.1 Å². The van der Waals surface area contributed by atoms with Crippen LogP contribution in [0.15, 0.2) is 53.2 Å². The van der Waals surface area contributed by atoms with Crippen molar-refractivity contribution in [2.75, 3.05) is 35.9 Å². The van der Waals surface area contributed by atoms with Crippen LogP contribution in [-0.4, -0.2) is 66.6 Å². The number of hydrogen-bond acceptors (Lipinski definition) is 9. The Morgan fingerprint density at radius 1 is 1.07 bits per heavy atom. The first-order valence-corrected chi connectivity index (χ1v) is 15.6. The van der Waals surface area contributed by atoms with Crippen molar-refractivity contribution < 1.29 is 36.2 Å². The molecule has 2 atom stereocenters. The maximum absolute atomic E-state index is 12.7. The monoisotopic (exact) mass is 615 g/mol. The first-order chi connectivity index (χ1) is 19.9. The normalized spacial score (nSPS) is 19.9. The molecule has 13 nitrogen and oxygen atoms in total. The van der Waals surface area contributed by atoms with Gasteiger partial charge >= 0.3 is 16.1 Å². The van der Waals surface area contributed by atoms with Crippen molar-refractivity contribution in [1.82, 2.24) is 10.1 Å². The zero-order chi connectivity index (χ0) is 31.6. The largest absolute Gasteiger partial charge is 0.486 e. The molecule has 1 fully saturated rings. The van der Waals surface area contributed by atoms with Gasteiger partial charge in [-0.15, -0.1) is 0 Å². The molecule has 14 heteroatoms. The molecule has 1 aliphatic heterocycles. The maximum atomic E-state index is 12.7. The van der Waals surface area contributed by atoms with Crippen LogP contribution < -0.4 is 20.7 Å². The summed E-state index contributed by atoms with van der Waals surface area (Å²) in [6.07, 6.45) is 3.99. The Hall–Kier alpha value is -4.01. The van der Waals surface area contributed by atoms with E-state index >= 15 is 0 Å². The first-order valence-electron chi connectivity index (χ1n) is 13.8. The fourth-order valence-electron chi connectivity index (χ4n) is 4.74. The standard InChI is InChI=1S/C29H38N6O7S/c1-28(2,3)24-16-25(34-41-24)33-27(37)32-20-10-8-19(9-11-20)31-26(36)23-13-12-22(17-30-23)40-18-21-14-15-29(4,5)35(21,6)42-43(7,38)39/h8-13,16-17,21H,14-15,18H2,1-7H3,(H2-,30,31,32,33,34,36,37)/p+1/t21-,35?/m0/s1. The molecule has 1 aliphatic rings. The zero-order valence-corrected chi connectivity index (χ0v) is 26.2. The van der Waals surface area contributed by atoms with E-state index < -0.39 is 27.6 Å². The lowest BCUT2D eigenvalue weighted by atomic mass is 9.93. The summed E-state index contributed by atoms with van der Waals surface area (Å²) in [6, 6.07) is 10.7. The van der Waals surface area contributed by atoms with Gasteiger partial charge in [0.05, 0.1) is 12.5 Å². The molecule has 1 unspecified atom stereocenters. The number of carbonyl (C=O) groups is 2. The number of quaternary nitrogens is 1. The van der Waals surface area contributed by atoms with E-state index in [1.165, 1.54) is 6.20 Å². The smallest absolute Gasteiger partial charge is 0.324 e. The van der Waals surface area contributed by atoms with Gasteiger partial charge in [0.2, 0.25) is 0 Å². The van der Waals surface area contributed by atoms with Crippen LogP contribution in [-0.2, 0) is 19.8 Å². The number of urea groups is 1. The molecular formula is C29H39N6O7S+. The predicted molar refractivity (Wildman–Crippen MR) is 161 cm³/mol. The van der Waals surface area contributed by atoms with Gasteiger partial charge in [0.25, 0.3) is 5.91 Å². The van der Waals surface area contributed by atoms with E-state index in [-0.39, 0.29) is 28.4 Å². The highest BCUT2D eigenvalue weighted by molar-refractivity contribution is 7.85. The van der Waals surface area contributed by atoms with E-state index in [0.717, 1.165) is 19.1 Å². The maximum Gasteiger partial charge on any atom is 0.324 e. The number of anilines is 3. The molecule has 1 saturated heterocycles. The molecule has 2 aromatic heterocycles. The summed E-state index contributed by atoms with van der Waals surface area (Å²) < 4.78 is 40.4. The second kappa shape index (κ2) is 11.9. The van der Waals surface area contributed by atoms with Gasteiger partial charge in [-0.05, 0) is 50.2 Å². The average molecular weight is 616 g/mol. The Balaban J connectivity index is 1.28. The number of pyridine rings is 1. The third kappa shape index (κ3) is 7.89. The predicted octanol–water partition coefficient (Wildman–Crippen LogP) is 4.92. The van der Waals surface area contributed by atoms with Crippen molar-refractivity contribution >= 4 is 39.2 Å². The Morgan fingerprint density at radius 2 is 1.72 bits per heavy atom. The molecule has 0 saturated carbocycles. The lowest BCUT2D eigenvalue weighted by Crippen LogP contribution is -2.60. The number of likely N-dealkylation sites (tertiary alicyclic amines) is 1. The lowest BCUT2D eigenvalue weighted by molar-refractivity contribution is -1.11. The average Bonchev–Trinajstić information content (AvgIpc) is 3.45. The van der Waals surface area contributed by atoms with E-state index in [9.17, 15) is 18.0 Å². The second-order valence-electron chi connectivity index (χ2n) is 12.4. The van der Waals surface area contributed by atoms with Gasteiger partial charge in [0, 0.05) is 35.7 Å². The van der Waals surface area contributed by atoms with Crippen molar-refractivity contribution in [2.45, 2.75) is 64.5 Å². The summed E-state index contributed by atoms with van der Waals surface area (Å²) >= 11 is 0. The van der Waals surface area contributed by atoms with Gasteiger partial charge in [0.15, 0.2) is 11.9 Å². The summed E-state index contributed by atoms with van der Waals surface area (Å²) in [5.41, 5.74) is 0.557. The molecule has 3 N–H and O–H groups in total. The second-order valence-corrected chi connectivity index (χ2v) is 14.0. The Morgan fingerprint density at radius 3 is 2.28 bits per heavy atom. The summed E-state index contributed by atoms with van der Waals surface area (Å²) in [5, 5.41) is 11.9. The van der Waals surface area contributed by atoms with Crippen LogP contribution in [0.1, 0.15) is 63.7 Å². The van der Waals surface area contributed by atoms with Gasteiger partial charge in [-0.1, -0.05) is 30.2 Å². The fraction of sp³-hybridized carbons (Fsp3) is 0.448. The molecule has 0 bridgehead atoms. The van der Waals surface area contributed by atoms with E-state index in [0.29, 0.717) is 28.7 Å². The minimum absolute atomic E-state index is 0.112. The number of nitrogens with zero attached hydrogens (tertiary/aromatic N) is 3. The molecule has 3 amide bonds. The van der Waals surface area contributed by atoms with Crippen LogP contribution in [0.4, 0.5) is 22.0 Å². The highest BCUT2D eigenvalue weighted by Gasteiger charge is 2.56. The molecule has 4 rings (SSSR count). The Bertz CT molecular complexity index is 1560. The minimum atomic E-state index is -3.68. The number of rotatable bonds is 9. The zero-order valence-electron chi connectivity index (χ0n) is 25.4. The quantitative estimate of drug-likeness (QED) is 0.284. The first kappa shape index (κ1) is 31.9. The van der Waals surface area contributed by atoms with Gasteiger partial charge in [-0.2, -0.15) is 13.1 Å². The molecule has 0 aliphatic carbocycles. The fourth-order valence-corrected chi connectivity index (χ4v) is 5.63. The SMILES string of the molecule is CC(C)(C)c1cc(NC(=O)Nc2ccc(NC(=O)c3ccc(OC[C@@H]4CCC(C)(C)[N+]4(C)OS(C)(=O)=O)cn3)cc2)no1. The molecule has 3 heterocycles. The van der Waals surface area contributed by atoms with Gasteiger partial charge < -0.3 is 19.9 Å². The molecule has 0 radical (unpaired) electrons. The number of benzene rings is 1. The Kier molecular flexibility index (Phi) is 8.86. The van der Waals surface area contributed by atoms with Crippen LogP contribution in [0.3, 0.4) is 0 Å². The van der Waals surface area contributed by atoms with Crippen molar-refractivity contribution in [1.29, 1.82) is 0 Å². The summed E-state index contributed by atoms with van der Waals surface area (Å²) in [5.74, 6) is 0.975. The highest BCUT2D eigenvalue weighted by Crippen LogP contribution is 2.41. The number of aromatic nitrogens is 2. The van der Waals surface area contributed by atoms with Crippen molar-refractivity contribution in [3.8, 4) is 5.75 Å². The third-order valence-corrected chi connectivity index (χ3v) is 8.16. The highest BCUT2D eigenvalue weighted by atomic mass is 32.2. The van der Waals surface area contributed by atoms with Crippen LogP contribution in [0.25, 0.3) is 0 Å². The number of carbonyl (C=O) groups excluding carboxylic acids is 2. The van der Waals surface area contributed by atoms with E-state index in [2.05, 4.69) is 26.1 Å². The van der Waals surface area contributed by atoms with Crippen LogP contribution >= 0.6 is 0 Å². The molecule has 1 aromatic carbocycles. The van der Waals surface area contributed by atoms with E-state index in [4.69, 9.17) is 13.5 Å². The van der Waals surface area contributed by atoms with Gasteiger partial charge in [0.1, 0.15) is 36.4 Å². The number of ether oxygens (including phenoxy) is 1. The van der Waals surface area contributed by atoms with Crippen LogP contribution in [0.5, 0.6) is 5.75 Å². The van der Waals surface area contributed by atoms with Gasteiger partial charge in [-0.25, -0.2) is 9.78 Å². The van der Waals surface area contributed by atoms with Crippen molar-refractivity contribution in [2.24, 2.45) is 0 Å². The summed E-state index contributed by atoms with van der Waals surface area (Å²) in [7, 11) is -1.93.